The van der Waals surface area contributed by atoms with Crippen LogP contribution in [0.25, 0.3) is 0 Å². The summed E-state index contributed by atoms with van der Waals surface area (Å²) in [5.41, 5.74) is -10.1. The summed E-state index contributed by atoms with van der Waals surface area (Å²) in [6.07, 6.45) is -18.8. The summed E-state index contributed by atoms with van der Waals surface area (Å²) in [6, 6.07) is 0. The Labute approximate surface area is 255 Å². The molecule has 0 saturated heterocycles. The molecule has 0 unspecified atom stereocenters. The van der Waals surface area contributed by atoms with Crippen LogP contribution in [-0.4, -0.2) is 26.2 Å². The first-order valence-corrected chi connectivity index (χ1v) is 10.5. The number of alkyl halides is 9. The number of hydrogen-bond donors (Lipinski definition) is 0. The zero-order chi connectivity index (χ0) is 35.6. The summed E-state index contributed by atoms with van der Waals surface area (Å²) >= 11 is 0. The molecule has 0 aliphatic rings. The summed E-state index contributed by atoms with van der Waals surface area (Å²) in [7, 11) is -4.28. The van der Waals surface area contributed by atoms with Crippen molar-refractivity contribution in [3.05, 3.63) is 86.5 Å². The summed E-state index contributed by atoms with van der Waals surface area (Å²) in [6.45, 7) is 0. The van der Waals surface area contributed by atoms with Gasteiger partial charge in [0.1, 0.15) is 16.7 Å². The average Bonchev–Trinajstić information content (AvgIpc) is 2.90. The Bertz CT molecular complexity index is 1430. The van der Waals surface area contributed by atoms with Crippen LogP contribution in [0.4, 0.5) is 92.2 Å². The van der Waals surface area contributed by atoms with E-state index < -0.39 is 130 Å². The van der Waals surface area contributed by atoms with Gasteiger partial charge in [0, 0.05) is 18.9 Å². The summed E-state index contributed by atoms with van der Waals surface area (Å²) in [5, 5.41) is 0. The molecule has 0 atom stereocenters. The third-order valence-electron chi connectivity index (χ3n) is 5.16. The van der Waals surface area contributed by atoms with E-state index in [1.54, 1.807) is 0 Å². The normalized spacial score (nSPS) is 12.2. The van der Waals surface area contributed by atoms with Crippen LogP contribution >= 0.6 is 0 Å². The van der Waals surface area contributed by atoms with E-state index in [-0.39, 0.29) is 18.9 Å². The summed E-state index contributed by atoms with van der Waals surface area (Å²) in [4.78, 5) is 0. The van der Waals surface area contributed by atoms with Crippen LogP contribution in [-0.2, 0) is 18.5 Å². The van der Waals surface area contributed by atoms with Gasteiger partial charge in [0.05, 0.1) is 0 Å². The van der Waals surface area contributed by atoms with Gasteiger partial charge in [-0.25, -0.2) is 26.3 Å². The SMILES string of the molecule is Fc1c(F)c(C(F)(F)F)c(F)c(F)c1OB(Oc1c(F)c(F)c(C(F)(F)F)c(F)c1F)Oc1c(F)c(F)c(C(F)(F)F)c(F)c1F.[Li]. The Morgan fingerprint density at radius 3 is 0.574 bits per heavy atom. The molecule has 0 bridgehead atoms. The van der Waals surface area contributed by atoms with E-state index >= 15 is 0 Å². The van der Waals surface area contributed by atoms with E-state index in [1.807, 2.05) is 0 Å². The van der Waals surface area contributed by atoms with E-state index in [0.29, 0.717) is 0 Å². The van der Waals surface area contributed by atoms with Crippen molar-refractivity contribution in [1.29, 1.82) is 0 Å². The first kappa shape index (κ1) is 39.4. The zero-order valence-corrected chi connectivity index (χ0v) is 21.2. The zero-order valence-electron chi connectivity index (χ0n) is 21.2. The van der Waals surface area contributed by atoms with Gasteiger partial charge in [-0.05, 0) is 0 Å². The van der Waals surface area contributed by atoms with Crippen LogP contribution in [0.1, 0.15) is 16.7 Å². The van der Waals surface area contributed by atoms with E-state index in [4.69, 9.17) is 0 Å². The maximum atomic E-state index is 14.3. The molecular weight excluding hydrogens is 717 g/mol. The van der Waals surface area contributed by atoms with Crippen LogP contribution in [0.15, 0.2) is 0 Å². The first-order valence-electron chi connectivity index (χ1n) is 10.5. The molecule has 0 aliphatic carbocycles. The van der Waals surface area contributed by atoms with Gasteiger partial charge >= 0.3 is 25.9 Å². The molecule has 47 heavy (non-hydrogen) atoms. The van der Waals surface area contributed by atoms with Gasteiger partial charge in [0.15, 0.2) is 52.2 Å². The minimum absolute atomic E-state index is 0. The molecule has 26 heteroatoms. The molecule has 3 rings (SSSR count). The third-order valence-corrected chi connectivity index (χ3v) is 5.16. The molecule has 0 amide bonds. The maximum Gasteiger partial charge on any atom is 0.864 e. The van der Waals surface area contributed by atoms with E-state index in [1.165, 1.54) is 0 Å². The van der Waals surface area contributed by atoms with Gasteiger partial charge in [0.25, 0.3) is 0 Å². The fourth-order valence-electron chi connectivity index (χ4n) is 3.25. The van der Waals surface area contributed by atoms with Crippen LogP contribution in [0.5, 0.6) is 17.2 Å². The van der Waals surface area contributed by atoms with Gasteiger partial charge in [-0.1, -0.05) is 0 Å². The van der Waals surface area contributed by atoms with Gasteiger partial charge in [0.2, 0.25) is 34.9 Å². The van der Waals surface area contributed by atoms with Crippen molar-refractivity contribution in [2.75, 3.05) is 0 Å². The quantitative estimate of drug-likeness (QED) is 0.146. The Kier molecular flexibility index (Phi) is 10.9. The van der Waals surface area contributed by atoms with Crippen molar-refractivity contribution >= 4 is 26.2 Å². The molecule has 0 saturated carbocycles. The second-order valence-corrected chi connectivity index (χ2v) is 8.02. The molecule has 0 N–H and O–H groups in total. The Morgan fingerprint density at radius 2 is 0.447 bits per heavy atom. The Balaban J connectivity index is 0.00000768. The van der Waals surface area contributed by atoms with Crippen LogP contribution < -0.4 is 14.0 Å². The minimum Gasteiger partial charge on any atom is -0.484 e. The number of rotatable bonds is 6. The Hall–Kier alpha value is -3.75. The van der Waals surface area contributed by atoms with Crippen molar-refractivity contribution in [3.63, 3.8) is 0 Å². The van der Waals surface area contributed by atoms with Crippen molar-refractivity contribution in [3.8, 4) is 17.2 Å². The second-order valence-electron chi connectivity index (χ2n) is 8.02. The maximum absolute atomic E-state index is 14.3. The number of hydrogen-bond acceptors (Lipinski definition) is 3. The fraction of sp³-hybridized carbons (Fsp3) is 0.143. The molecule has 3 nitrogen and oxygen atoms in total. The van der Waals surface area contributed by atoms with Crippen LogP contribution in [0.3, 0.4) is 0 Å². The molecule has 0 fully saturated rings. The first-order chi connectivity index (χ1) is 20.7. The average molecular weight is 717 g/mol. The van der Waals surface area contributed by atoms with Gasteiger partial charge in [-0.3, -0.25) is 0 Å². The van der Waals surface area contributed by atoms with Gasteiger partial charge in [-0.2, -0.15) is 65.9 Å². The Morgan fingerprint density at radius 1 is 0.298 bits per heavy atom. The van der Waals surface area contributed by atoms with E-state index in [0.717, 1.165) is 0 Å². The third kappa shape index (κ3) is 7.09. The van der Waals surface area contributed by atoms with Crippen molar-refractivity contribution in [2.45, 2.75) is 18.5 Å². The van der Waals surface area contributed by atoms with Crippen molar-refractivity contribution in [2.24, 2.45) is 0 Å². The largest absolute Gasteiger partial charge is 0.864 e. The minimum atomic E-state index is -6.26. The van der Waals surface area contributed by atoms with Crippen molar-refractivity contribution < 1.29 is 106 Å². The molecule has 0 aliphatic heterocycles. The number of halogens is 21. The predicted molar refractivity (Wildman–Crippen MR) is 107 cm³/mol. The molecular formula is C21BF21LiO3. The smallest absolute Gasteiger partial charge is 0.484 e. The monoisotopic (exact) mass is 717 g/mol. The molecule has 0 aromatic heterocycles. The fourth-order valence-corrected chi connectivity index (χ4v) is 3.25. The van der Waals surface area contributed by atoms with Crippen molar-refractivity contribution in [1.82, 2.24) is 0 Å². The summed E-state index contributed by atoms with van der Waals surface area (Å²) in [5.74, 6) is -49.6. The summed E-state index contributed by atoms with van der Waals surface area (Å²) < 4.78 is 296. The van der Waals surface area contributed by atoms with Gasteiger partial charge in [-0.15, -0.1) is 0 Å². The standard InChI is InChI=1S/C21BF21O3.Li/c23-4-1(19(35,36)37)5(24)11(30)16(10(4)29)44-22(45-17-12(31)6(25)2(20(38,39)40)7(26)13(17)32)46-18-14(33)8(27)3(21(41,42)43)9(28)15(18)34;. The molecule has 253 valence electrons. The van der Waals surface area contributed by atoms with E-state index in [9.17, 15) is 92.2 Å². The molecule has 0 heterocycles. The predicted octanol–water partition coefficient (Wildman–Crippen LogP) is 8.55. The van der Waals surface area contributed by atoms with Gasteiger partial charge < -0.3 is 14.0 Å². The second kappa shape index (κ2) is 13.0. The van der Waals surface area contributed by atoms with E-state index in [2.05, 4.69) is 14.0 Å². The molecule has 3 aromatic carbocycles. The molecule has 3 aromatic rings. The molecule has 0 spiro atoms. The van der Waals surface area contributed by atoms with Crippen LogP contribution in [0, 0.1) is 69.8 Å². The molecule has 1 radical (unpaired) electrons. The topological polar surface area (TPSA) is 27.7 Å². The van der Waals surface area contributed by atoms with Crippen LogP contribution in [0.2, 0.25) is 0 Å². The number of benzene rings is 3.